The second-order valence-electron chi connectivity index (χ2n) is 6.25. The lowest BCUT2D eigenvalue weighted by molar-refractivity contribution is 0.269. The molecule has 122 valence electrons. The molecule has 0 aliphatic heterocycles. The molecule has 0 radical (unpaired) electrons. The van der Waals surface area contributed by atoms with Crippen molar-refractivity contribution in [1.29, 1.82) is 0 Å². The Labute approximate surface area is 134 Å². The van der Waals surface area contributed by atoms with Crippen LogP contribution in [0, 0.1) is 11.8 Å². The average molecular weight is 302 g/mol. The van der Waals surface area contributed by atoms with Crippen LogP contribution in [0.5, 0.6) is 0 Å². The van der Waals surface area contributed by atoms with Gasteiger partial charge in [-0.1, -0.05) is 32.3 Å². The van der Waals surface area contributed by atoms with Gasteiger partial charge in [-0.3, -0.25) is 9.98 Å². The molecule has 0 atom stereocenters. The third kappa shape index (κ3) is 5.66. The summed E-state index contributed by atoms with van der Waals surface area (Å²) >= 11 is 0. The van der Waals surface area contributed by atoms with E-state index in [0.29, 0.717) is 0 Å². The molecule has 22 heavy (non-hydrogen) atoms. The number of guanidine groups is 1. The summed E-state index contributed by atoms with van der Waals surface area (Å²) < 4.78 is 0. The van der Waals surface area contributed by atoms with E-state index in [1.165, 1.54) is 32.1 Å². The monoisotopic (exact) mass is 302 g/mol. The number of hydrogen-bond donors (Lipinski definition) is 2. The van der Waals surface area contributed by atoms with E-state index in [4.69, 9.17) is 0 Å². The highest BCUT2D eigenvalue weighted by atomic mass is 15.2. The molecule has 0 spiro atoms. The lowest BCUT2D eigenvalue weighted by Gasteiger charge is -2.28. The molecule has 2 rings (SSSR count). The van der Waals surface area contributed by atoms with E-state index in [1.54, 1.807) is 0 Å². The highest BCUT2D eigenvalue weighted by molar-refractivity contribution is 5.79. The molecule has 2 N–H and O–H groups in total. The molecule has 1 aromatic rings. The molecule has 1 heterocycles. The van der Waals surface area contributed by atoms with Gasteiger partial charge in [-0.2, -0.15) is 0 Å². The Kier molecular flexibility index (Phi) is 7.20. The summed E-state index contributed by atoms with van der Waals surface area (Å²) in [4.78, 5) is 8.64. The topological polar surface area (TPSA) is 49.3 Å². The highest BCUT2D eigenvalue weighted by Crippen LogP contribution is 2.29. The molecule has 1 saturated carbocycles. The Bertz CT molecular complexity index is 436. The lowest BCUT2D eigenvalue weighted by atomic mass is 9.81. The molecule has 0 bridgehead atoms. The molecule has 4 nitrogen and oxygen atoms in total. The fourth-order valence-corrected chi connectivity index (χ4v) is 3.16. The van der Waals surface area contributed by atoms with Gasteiger partial charge in [0.1, 0.15) is 0 Å². The fraction of sp³-hybridized carbons (Fsp3) is 0.667. The standard InChI is InChI=1S/C18H30N4/c1-3-15-7-9-16(10-8-15)14-22-18(19-2)21-13-11-17-6-4-5-12-20-17/h4-6,12,15-16H,3,7-11,13-14H2,1-2H3,(H2,19,21,22). The van der Waals surface area contributed by atoms with Crippen LogP contribution in [-0.4, -0.2) is 31.1 Å². The third-order valence-corrected chi connectivity index (χ3v) is 4.73. The molecule has 0 saturated heterocycles. The van der Waals surface area contributed by atoms with E-state index in [1.807, 2.05) is 25.4 Å². The number of pyridine rings is 1. The molecule has 1 aliphatic rings. The molecular weight excluding hydrogens is 272 g/mol. The maximum atomic E-state index is 4.34. The van der Waals surface area contributed by atoms with Gasteiger partial charge in [0, 0.05) is 38.4 Å². The molecule has 0 aromatic carbocycles. The average Bonchev–Trinajstić information content (AvgIpc) is 2.59. The van der Waals surface area contributed by atoms with Crippen LogP contribution in [0.1, 0.15) is 44.7 Å². The summed E-state index contributed by atoms with van der Waals surface area (Å²) in [5.74, 6) is 2.68. The maximum Gasteiger partial charge on any atom is 0.190 e. The molecule has 4 heteroatoms. The van der Waals surface area contributed by atoms with Gasteiger partial charge in [0.15, 0.2) is 5.96 Å². The quantitative estimate of drug-likeness (QED) is 0.627. The molecule has 1 aromatic heterocycles. The zero-order valence-electron chi connectivity index (χ0n) is 14.0. The van der Waals surface area contributed by atoms with Crippen LogP contribution in [0.3, 0.4) is 0 Å². The Morgan fingerprint density at radius 1 is 1.18 bits per heavy atom. The Balaban J connectivity index is 1.63. The van der Waals surface area contributed by atoms with Crippen molar-refractivity contribution < 1.29 is 0 Å². The summed E-state index contributed by atoms with van der Waals surface area (Å²) in [6, 6.07) is 6.04. The van der Waals surface area contributed by atoms with Crippen molar-refractivity contribution in [3.05, 3.63) is 30.1 Å². The number of aromatic nitrogens is 1. The van der Waals surface area contributed by atoms with Crippen LogP contribution in [-0.2, 0) is 6.42 Å². The molecule has 0 unspecified atom stereocenters. The lowest BCUT2D eigenvalue weighted by Crippen LogP contribution is -2.41. The molecule has 0 amide bonds. The van der Waals surface area contributed by atoms with Gasteiger partial charge in [-0.15, -0.1) is 0 Å². The summed E-state index contributed by atoms with van der Waals surface area (Å²) in [5, 5.41) is 6.85. The minimum absolute atomic E-state index is 0.803. The van der Waals surface area contributed by atoms with E-state index in [2.05, 4.69) is 33.6 Å². The zero-order chi connectivity index (χ0) is 15.6. The van der Waals surface area contributed by atoms with E-state index in [9.17, 15) is 0 Å². The van der Waals surface area contributed by atoms with Gasteiger partial charge in [0.05, 0.1) is 0 Å². The maximum absolute atomic E-state index is 4.34. The molecule has 1 aliphatic carbocycles. The predicted octanol–water partition coefficient (Wildman–Crippen LogP) is 3.01. The number of nitrogens with zero attached hydrogens (tertiary/aromatic N) is 2. The van der Waals surface area contributed by atoms with E-state index in [0.717, 1.165) is 43.0 Å². The van der Waals surface area contributed by atoms with Crippen molar-refractivity contribution in [1.82, 2.24) is 15.6 Å². The van der Waals surface area contributed by atoms with Crippen molar-refractivity contribution >= 4 is 5.96 Å². The number of aliphatic imine (C=N–C) groups is 1. The highest BCUT2D eigenvalue weighted by Gasteiger charge is 2.19. The minimum Gasteiger partial charge on any atom is -0.356 e. The fourth-order valence-electron chi connectivity index (χ4n) is 3.16. The van der Waals surface area contributed by atoms with Crippen LogP contribution >= 0.6 is 0 Å². The number of rotatable bonds is 6. The zero-order valence-corrected chi connectivity index (χ0v) is 14.0. The van der Waals surface area contributed by atoms with Crippen LogP contribution in [0.15, 0.2) is 29.4 Å². The first-order valence-corrected chi connectivity index (χ1v) is 8.66. The molecule has 1 fully saturated rings. The van der Waals surface area contributed by atoms with Crippen LogP contribution < -0.4 is 10.6 Å². The smallest absolute Gasteiger partial charge is 0.190 e. The summed E-state index contributed by atoms with van der Waals surface area (Å²) in [6.45, 7) is 4.22. The second-order valence-corrected chi connectivity index (χ2v) is 6.25. The second kappa shape index (κ2) is 9.44. The first-order valence-electron chi connectivity index (χ1n) is 8.66. The number of hydrogen-bond acceptors (Lipinski definition) is 2. The third-order valence-electron chi connectivity index (χ3n) is 4.73. The van der Waals surface area contributed by atoms with Crippen molar-refractivity contribution in [3.63, 3.8) is 0 Å². The largest absolute Gasteiger partial charge is 0.356 e. The Hall–Kier alpha value is -1.58. The van der Waals surface area contributed by atoms with Gasteiger partial charge in [-0.05, 0) is 36.8 Å². The number of nitrogens with one attached hydrogen (secondary N) is 2. The first kappa shape index (κ1) is 16.8. The van der Waals surface area contributed by atoms with Gasteiger partial charge in [-0.25, -0.2) is 0 Å². The Morgan fingerprint density at radius 2 is 1.95 bits per heavy atom. The first-order chi connectivity index (χ1) is 10.8. The van der Waals surface area contributed by atoms with Crippen LogP contribution in [0.2, 0.25) is 0 Å². The summed E-state index contributed by atoms with van der Waals surface area (Å²) in [6.07, 6.45) is 9.62. The van der Waals surface area contributed by atoms with Gasteiger partial charge < -0.3 is 10.6 Å². The molecular formula is C18H30N4. The predicted molar refractivity (Wildman–Crippen MR) is 93.0 cm³/mol. The SMILES string of the molecule is CCC1CCC(CNC(=NC)NCCc2ccccn2)CC1. The van der Waals surface area contributed by atoms with Crippen molar-refractivity contribution in [2.75, 3.05) is 20.1 Å². The van der Waals surface area contributed by atoms with Gasteiger partial charge in [0.25, 0.3) is 0 Å². The Morgan fingerprint density at radius 3 is 2.59 bits per heavy atom. The minimum atomic E-state index is 0.803. The van der Waals surface area contributed by atoms with Crippen molar-refractivity contribution in [2.24, 2.45) is 16.8 Å². The summed E-state index contributed by atoms with van der Waals surface area (Å²) in [5.41, 5.74) is 1.11. The van der Waals surface area contributed by atoms with Gasteiger partial charge >= 0.3 is 0 Å². The van der Waals surface area contributed by atoms with Crippen molar-refractivity contribution in [2.45, 2.75) is 45.4 Å². The van der Waals surface area contributed by atoms with Crippen LogP contribution in [0.4, 0.5) is 0 Å². The van der Waals surface area contributed by atoms with E-state index in [-0.39, 0.29) is 0 Å². The normalized spacial score (nSPS) is 22.4. The van der Waals surface area contributed by atoms with Crippen molar-refractivity contribution in [3.8, 4) is 0 Å². The van der Waals surface area contributed by atoms with Crippen LogP contribution in [0.25, 0.3) is 0 Å². The summed E-state index contributed by atoms with van der Waals surface area (Å²) in [7, 11) is 1.84. The van der Waals surface area contributed by atoms with E-state index < -0.39 is 0 Å². The van der Waals surface area contributed by atoms with E-state index >= 15 is 0 Å². The van der Waals surface area contributed by atoms with Gasteiger partial charge in [0.2, 0.25) is 0 Å².